The molecule has 0 atom stereocenters. The molecule has 1 aromatic carbocycles. The summed E-state index contributed by atoms with van der Waals surface area (Å²) in [7, 11) is 0. The Bertz CT molecular complexity index is 633. The van der Waals surface area contributed by atoms with Crippen molar-refractivity contribution in [1.82, 2.24) is 10.2 Å². The number of benzene rings is 1. The molecule has 0 saturated carbocycles. The van der Waals surface area contributed by atoms with E-state index < -0.39 is 5.97 Å². The Labute approximate surface area is 113 Å². The lowest BCUT2D eigenvalue weighted by Gasteiger charge is -2.00. The SMILES string of the molecule is N#Cc1cccc(Nc2nnc(CCC(=O)O)s2)c1. The van der Waals surface area contributed by atoms with Crippen LogP contribution in [0.4, 0.5) is 10.8 Å². The van der Waals surface area contributed by atoms with Crippen molar-refractivity contribution < 1.29 is 9.90 Å². The number of aromatic nitrogens is 2. The van der Waals surface area contributed by atoms with Crippen molar-refractivity contribution in [3.05, 3.63) is 34.8 Å². The van der Waals surface area contributed by atoms with E-state index in [1.165, 1.54) is 11.3 Å². The summed E-state index contributed by atoms with van der Waals surface area (Å²) in [6.45, 7) is 0. The van der Waals surface area contributed by atoms with Crippen LogP contribution in [0, 0.1) is 11.3 Å². The summed E-state index contributed by atoms with van der Waals surface area (Å²) < 4.78 is 0. The lowest BCUT2D eigenvalue weighted by molar-refractivity contribution is -0.136. The average molecular weight is 274 g/mol. The predicted octanol–water partition coefficient (Wildman–Crippen LogP) is 2.17. The molecular weight excluding hydrogens is 264 g/mol. The highest BCUT2D eigenvalue weighted by Gasteiger charge is 2.06. The van der Waals surface area contributed by atoms with Crippen LogP contribution in [0.25, 0.3) is 0 Å². The number of anilines is 2. The number of hydrogen-bond donors (Lipinski definition) is 2. The largest absolute Gasteiger partial charge is 0.481 e. The Hall–Kier alpha value is -2.46. The monoisotopic (exact) mass is 274 g/mol. The topological polar surface area (TPSA) is 98.9 Å². The van der Waals surface area contributed by atoms with Gasteiger partial charge in [-0.2, -0.15) is 5.26 Å². The molecule has 1 aromatic heterocycles. The van der Waals surface area contributed by atoms with Gasteiger partial charge in [-0.05, 0) is 18.2 Å². The molecule has 0 aliphatic carbocycles. The predicted molar refractivity (Wildman–Crippen MR) is 70.3 cm³/mol. The van der Waals surface area contributed by atoms with Crippen molar-refractivity contribution in [3.63, 3.8) is 0 Å². The molecule has 0 saturated heterocycles. The van der Waals surface area contributed by atoms with E-state index in [9.17, 15) is 4.79 Å². The fourth-order valence-electron chi connectivity index (χ4n) is 1.41. The number of nitrogens with zero attached hydrogens (tertiary/aromatic N) is 3. The van der Waals surface area contributed by atoms with E-state index >= 15 is 0 Å². The summed E-state index contributed by atoms with van der Waals surface area (Å²) >= 11 is 1.30. The third-order valence-corrected chi connectivity index (χ3v) is 3.16. The molecule has 7 heteroatoms. The molecule has 1 heterocycles. The van der Waals surface area contributed by atoms with Crippen molar-refractivity contribution in [3.8, 4) is 6.07 Å². The van der Waals surface area contributed by atoms with Gasteiger partial charge in [0.25, 0.3) is 0 Å². The highest BCUT2D eigenvalue weighted by Crippen LogP contribution is 2.21. The van der Waals surface area contributed by atoms with Gasteiger partial charge >= 0.3 is 5.97 Å². The van der Waals surface area contributed by atoms with Crippen LogP contribution in [0.5, 0.6) is 0 Å². The van der Waals surface area contributed by atoms with Crippen LogP contribution >= 0.6 is 11.3 Å². The molecular formula is C12H10N4O2S. The maximum absolute atomic E-state index is 10.5. The molecule has 2 aromatic rings. The molecule has 0 fully saturated rings. The number of aliphatic carboxylic acids is 1. The molecule has 96 valence electrons. The molecule has 2 rings (SSSR count). The Morgan fingerprint density at radius 2 is 2.32 bits per heavy atom. The van der Waals surface area contributed by atoms with Crippen LogP contribution in [0.15, 0.2) is 24.3 Å². The zero-order valence-electron chi connectivity index (χ0n) is 9.83. The van der Waals surface area contributed by atoms with Crippen molar-refractivity contribution in [1.29, 1.82) is 5.26 Å². The fraction of sp³-hybridized carbons (Fsp3) is 0.167. The van der Waals surface area contributed by atoms with Gasteiger partial charge in [0.05, 0.1) is 18.1 Å². The fourth-order valence-corrected chi connectivity index (χ4v) is 2.17. The van der Waals surface area contributed by atoms with E-state index in [1.54, 1.807) is 18.2 Å². The molecule has 0 aliphatic rings. The highest BCUT2D eigenvalue weighted by molar-refractivity contribution is 7.15. The standard InChI is InChI=1S/C12H10N4O2S/c13-7-8-2-1-3-9(6-8)14-12-16-15-10(19-12)4-5-11(17)18/h1-3,6H,4-5H2,(H,14,16)(H,17,18). The summed E-state index contributed by atoms with van der Waals surface area (Å²) in [5.74, 6) is -0.855. The van der Waals surface area contributed by atoms with Crippen LogP contribution in [0.3, 0.4) is 0 Å². The normalized spacial score (nSPS) is 9.84. The Balaban J connectivity index is 2.03. The highest BCUT2D eigenvalue weighted by atomic mass is 32.1. The number of carbonyl (C=O) groups is 1. The summed E-state index contributed by atoms with van der Waals surface area (Å²) in [4.78, 5) is 10.5. The first-order chi connectivity index (χ1) is 9.17. The summed E-state index contributed by atoms with van der Waals surface area (Å²) in [5, 5.41) is 29.5. The number of rotatable bonds is 5. The summed E-state index contributed by atoms with van der Waals surface area (Å²) in [5.41, 5.74) is 1.31. The summed E-state index contributed by atoms with van der Waals surface area (Å²) in [6.07, 6.45) is 0.408. The van der Waals surface area contributed by atoms with E-state index in [2.05, 4.69) is 21.6 Å². The maximum Gasteiger partial charge on any atom is 0.303 e. The van der Waals surface area contributed by atoms with E-state index in [4.69, 9.17) is 10.4 Å². The molecule has 0 amide bonds. The molecule has 0 spiro atoms. The first-order valence-corrected chi connectivity index (χ1v) is 6.30. The smallest absolute Gasteiger partial charge is 0.303 e. The zero-order valence-corrected chi connectivity index (χ0v) is 10.6. The number of aryl methyl sites for hydroxylation is 1. The van der Waals surface area contributed by atoms with E-state index in [-0.39, 0.29) is 6.42 Å². The third kappa shape index (κ3) is 3.76. The van der Waals surface area contributed by atoms with Crippen LogP contribution < -0.4 is 5.32 Å². The molecule has 2 N–H and O–H groups in total. The minimum atomic E-state index is -0.855. The van der Waals surface area contributed by atoms with Gasteiger partial charge in [-0.25, -0.2) is 0 Å². The molecule has 0 unspecified atom stereocenters. The lowest BCUT2D eigenvalue weighted by Crippen LogP contribution is -1.96. The third-order valence-electron chi connectivity index (χ3n) is 2.26. The average Bonchev–Trinajstić information content (AvgIpc) is 2.84. The van der Waals surface area contributed by atoms with Crippen LogP contribution in [0.2, 0.25) is 0 Å². The lowest BCUT2D eigenvalue weighted by atomic mass is 10.2. The van der Waals surface area contributed by atoms with E-state index in [0.29, 0.717) is 22.1 Å². The Morgan fingerprint density at radius 1 is 1.47 bits per heavy atom. The van der Waals surface area contributed by atoms with Crippen molar-refractivity contribution in [2.45, 2.75) is 12.8 Å². The molecule has 0 radical (unpaired) electrons. The van der Waals surface area contributed by atoms with Gasteiger partial charge in [0.15, 0.2) is 0 Å². The Kier molecular flexibility index (Phi) is 4.05. The molecule has 0 aliphatic heterocycles. The van der Waals surface area contributed by atoms with Gasteiger partial charge in [-0.1, -0.05) is 17.4 Å². The first kappa shape index (κ1) is 13.0. The van der Waals surface area contributed by atoms with Gasteiger partial charge in [0.1, 0.15) is 5.01 Å². The number of nitrogens with one attached hydrogen (secondary N) is 1. The van der Waals surface area contributed by atoms with E-state index in [0.717, 1.165) is 5.69 Å². The van der Waals surface area contributed by atoms with Gasteiger partial charge in [-0.15, -0.1) is 10.2 Å². The minimum Gasteiger partial charge on any atom is -0.481 e. The minimum absolute atomic E-state index is 0.0402. The van der Waals surface area contributed by atoms with Gasteiger partial charge < -0.3 is 10.4 Å². The Morgan fingerprint density at radius 3 is 3.05 bits per heavy atom. The van der Waals surface area contributed by atoms with Gasteiger partial charge in [0, 0.05) is 12.1 Å². The molecule has 6 nitrogen and oxygen atoms in total. The maximum atomic E-state index is 10.5. The number of carboxylic acid groups (broad SMARTS) is 1. The van der Waals surface area contributed by atoms with Crippen molar-refractivity contribution in [2.75, 3.05) is 5.32 Å². The van der Waals surface area contributed by atoms with Crippen LogP contribution in [-0.2, 0) is 11.2 Å². The van der Waals surface area contributed by atoms with Crippen molar-refractivity contribution >= 4 is 28.1 Å². The van der Waals surface area contributed by atoms with E-state index in [1.807, 2.05) is 6.07 Å². The van der Waals surface area contributed by atoms with Gasteiger partial charge in [0.2, 0.25) is 5.13 Å². The van der Waals surface area contributed by atoms with Crippen LogP contribution in [-0.4, -0.2) is 21.3 Å². The molecule has 0 bridgehead atoms. The second-order valence-electron chi connectivity index (χ2n) is 3.71. The van der Waals surface area contributed by atoms with Gasteiger partial charge in [-0.3, -0.25) is 4.79 Å². The number of hydrogen-bond acceptors (Lipinski definition) is 6. The number of nitriles is 1. The first-order valence-electron chi connectivity index (χ1n) is 5.49. The zero-order chi connectivity index (χ0) is 13.7. The number of carboxylic acids is 1. The summed E-state index contributed by atoms with van der Waals surface area (Å²) in [6, 6.07) is 9.06. The second kappa shape index (κ2) is 5.93. The quantitative estimate of drug-likeness (QED) is 0.866. The molecule has 19 heavy (non-hydrogen) atoms. The second-order valence-corrected chi connectivity index (χ2v) is 4.77. The van der Waals surface area contributed by atoms with Crippen molar-refractivity contribution in [2.24, 2.45) is 0 Å². The van der Waals surface area contributed by atoms with Crippen LogP contribution in [0.1, 0.15) is 17.0 Å².